The second-order valence-electron chi connectivity index (χ2n) is 9.61. The molecule has 6 nitrogen and oxygen atoms in total. The van der Waals surface area contributed by atoms with Crippen LogP contribution in [0, 0.1) is 11.8 Å². The van der Waals surface area contributed by atoms with Crippen molar-refractivity contribution in [2.24, 2.45) is 11.8 Å². The maximum Gasteiger partial charge on any atom is 0.289 e. The Labute approximate surface area is 191 Å². The summed E-state index contributed by atoms with van der Waals surface area (Å²) < 4.78 is 8.07. The molecule has 32 heavy (non-hydrogen) atoms. The SMILES string of the molecule is CCCN(Cc1cccn1Cc1ccc(C(=O)N2CCC(C)CC2)o1)C(=O)C1CCCC1. The number of rotatable bonds is 8. The monoisotopic (exact) mass is 439 g/mol. The van der Waals surface area contributed by atoms with Crippen molar-refractivity contribution in [3.63, 3.8) is 0 Å². The number of carbonyl (C=O) groups excluding carboxylic acids is 2. The molecular weight excluding hydrogens is 402 g/mol. The third-order valence-corrected chi connectivity index (χ3v) is 7.06. The van der Waals surface area contributed by atoms with Crippen LogP contribution in [0.4, 0.5) is 0 Å². The van der Waals surface area contributed by atoms with Crippen LogP contribution in [0.2, 0.25) is 0 Å². The van der Waals surface area contributed by atoms with Crippen molar-refractivity contribution in [3.05, 3.63) is 47.7 Å². The summed E-state index contributed by atoms with van der Waals surface area (Å²) in [6.45, 7) is 7.94. The van der Waals surface area contributed by atoms with Crippen LogP contribution in [0.15, 0.2) is 34.9 Å². The van der Waals surface area contributed by atoms with Gasteiger partial charge in [-0.05, 0) is 62.3 Å². The highest BCUT2D eigenvalue weighted by molar-refractivity contribution is 5.91. The lowest BCUT2D eigenvalue weighted by Crippen LogP contribution is -2.37. The standard InChI is InChI=1S/C26H37N3O3/c1-3-14-29(25(30)21-7-4-5-8-21)18-22-9-6-15-28(22)19-23-10-11-24(32-23)26(31)27-16-12-20(2)13-17-27/h6,9-11,15,20-21H,3-5,7-8,12-14,16-19H2,1-2H3. The molecule has 0 unspecified atom stereocenters. The third kappa shape index (κ3) is 5.28. The van der Waals surface area contributed by atoms with Gasteiger partial charge >= 0.3 is 0 Å². The first kappa shape index (κ1) is 22.7. The lowest BCUT2D eigenvalue weighted by Gasteiger charge is -2.29. The van der Waals surface area contributed by atoms with Gasteiger partial charge in [0.2, 0.25) is 5.91 Å². The molecule has 6 heteroatoms. The minimum Gasteiger partial charge on any atom is -0.454 e. The highest BCUT2D eigenvalue weighted by Gasteiger charge is 2.27. The van der Waals surface area contributed by atoms with E-state index in [1.807, 2.05) is 28.1 Å². The molecule has 0 aromatic carbocycles. The van der Waals surface area contributed by atoms with Crippen LogP contribution >= 0.6 is 0 Å². The number of hydrogen-bond donors (Lipinski definition) is 0. The molecule has 2 amide bonds. The lowest BCUT2D eigenvalue weighted by molar-refractivity contribution is -0.136. The first-order valence-electron chi connectivity index (χ1n) is 12.4. The molecule has 0 atom stereocenters. The number of aromatic nitrogens is 1. The van der Waals surface area contributed by atoms with Gasteiger partial charge in [-0.25, -0.2) is 0 Å². The van der Waals surface area contributed by atoms with Crippen molar-refractivity contribution in [2.75, 3.05) is 19.6 Å². The summed E-state index contributed by atoms with van der Waals surface area (Å²) in [6, 6.07) is 7.79. The minimum absolute atomic E-state index is 0.00726. The van der Waals surface area contributed by atoms with Crippen molar-refractivity contribution >= 4 is 11.8 Å². The van der Waals surface area contributed by atoms with E-state index in [2.05, 4.69) is 24.5 Å². The van der Waals surface area contributed by atoms with Crippen LogP contribution in [0.1, 0.15) is 80.8 Å². The summed E-state index contributed by atoms with van der Waals surface area (Å²) in [7, 11) is 0. The molecule has 0 N–H and O–H groups in total. The number of furan rings is 1. The maximum atomic E-state index is 13.0. The van der Waals surface area contributed by atoms with Crippen LogP contribution in [-0.2, 0) is 17.9 Å². The molecule has 174 valence electrons. The lowest BCUT2D eigenvalue weighted by atomic mass is 9.99. The molecule has 2 aliphatic rings. The number of nitrogens with zero attached hydrogens (tertiary/aromatic N) is 3. The topological polar surface area (TPSA) is 58.7 Å². The van der Waals surface area contributed by atoms with Gasteiger partial charge in [0.1, 0.15) is 5.76 Å². The Bertz CT molecular complexity index is 901. The summed E-state index contributed by atoms with van der Waals surface area (Å²) >= 11 is 0. The smallest absolute Gasteiger partial charge is 0.289 e. The largest absolute Gasteiger partial charge is 0.454 e. The van der Waals surface area contributed by atoms with E-state index < -0.39 is 0 Å². The van der Waals surface area contributed by atoms with Gasteiger partial charge in [0.05, 0.1) is 13.1 Å². The Morgan fingerprint density at radius 2 is 1.84 bits per heavy atom. The number of hydrogen-bond acceptors (Lipinski definition) is 3. The van der Waals surface area contributed by atoms with Crippen molar-refractivity contribution in [1.82, 2.24) is 14.4 Å². The average Bonchev–Trinajstić information content (AvgIpc) is 3.56. The Balaban J connectivity index is 1.40. The Morgan fingerprint density at radius 1 is 1.09 bits per heavy atom. The Kier molecular flexibility index (Phi) is 7.38. The first-order chi connectivity index (χ1) is 15.5. The zero-order valence-corrected chi connectivity index (χ0v) is 19.6. The second kappa shape index (κ2) is 10.4. The van der Waals surface area contributed by atoms with Gasteiger partial charge in [0.15, 0.2) is 5.76 Å². The van der Waals surface area contributed by atoms with Gasteiger partial charge in [-0.15, -0.1) is 0 Å². The molecule has 2 fully saturated rings. The predicted molar refractivity (Wildman–Crippen MR) is 124 cm³/mol. The average molecular weight is 440 g/mol. The van der Waals surface area contributed by atoms with Crippen molar-refractivity contribution < 1.29 is 14.0 Å². The van der Waals surface area contributed by atoms with E-state index in [-0.39, 0.29) is 11.8 Å². The molecule has 0 bridgehead atoms. The maximum absolute atomic E-state index is 13.0. The molecule has 0 radical (unpaired) electrons. The quantitative estimate of drug-likeness (QED) is 0.586. The molecular formula is C26H37N3O3. The molecule has 1 saturated heterocycles. The molecule has 1 saturated carbocycles. The summed E-state index contributed by atoms with van der Waals surface area (Å²) in [5.74, 6) is 2.37. The van der Waals surface area contributed by atoms with E-state index >= 15 is 0 Å². The van der Waals surface area contributed by atoms with E-state index in [9.17, 15) is 9.59 Å². The molecule has 1 aliphatic carbocycles. The summed E-state index contributed by atoms with van der Waals surface area (Å²) in [5, 5.41) is 0. The molecule has 2 aromatic heterocycles. The molecule has 1 aliphatic heterocycles. The van der Waals surface area contributed by atoms with Crippen LogP contribution in [0.3, 0.4) is 0 Å². The predicted octanol–water partition coefficient (Wildman–Crippen LogP) is 4.93. The van der Waals surface area contributed by atoms with Gasteiger partial charge < -0.3 is 18.8 Å². The van der Waals surface area contributed by atoms with E-state index in [4.69, 9.17) is 4.42 Å². The van der Waals surface area contributed by atoms with Crippen LogP contribution in [0.5, 0.6) is 0 Å². The van der Waals surface area contributed by atoms with Crippen molar-refractivity contribution in [3.8, 4) is 0 Å². The van der Waals surface area contributed by atoms with Gasteiger partial charge in [-0.3, -0.25) is 9.59 Å². The van der Waals surface area contributed by atoms with Gasteiger partial charge in [-0.1, -0.05) is 26.7 Å². The zero-order chi connectivity index (χ0) is 22.5. The fourth-order valence-electron chi connectivity index (χ4n) is 5.02. The van der Waals surface area contributed by atoms with E-state index in [0.717, 1.165) is 63.2 Å². The van der Waals surface area contributed by atoms with E-state index in [0.29, 0.717) is 30.7 Å². The highest BCUT2D eigenvalue weighted by atomic mass is 16.4. The number of likely N-dealkylation sites (tertiary alicyclic amines) is 1. The Hall–Kier alpha value is -2.50. The fourth-order valence-corrected chi connectivity index (χ4v) is 5.02. The van der Waals surface area contributed by atoms with Crippen molar-refractivity contribution in [2.45, 2.75) is 71.9 Å². The highest BCUT2D eigenvalue weighted by Crippen LogP contribution is 2.27. The molecule has 2 aromatic rings. The number of carbonyl (C=O) groups is 2. The molecule has 0 spiro atoms. The van der Waals surface area contributed by atoms with Crippen LogP contribution in [0.25, 0.3) is 0 Å². The Morgan fingerprint density at radius 3 is 2.56 bits per heavy atom. The molecule has 3 heterocycles. The minimum atomic E-state index is -0.00726. The van der Waals surface area contributed by atoms with Gasteiger partial charge in [-0.2, -0.15) is 0 Å². The third-order valence-electron chi connectivity index (χ3n) is 7.06. The number of amides is 2. The zero-order valence-electron chi connectivity index (χ0n) is 19.6. The molecule has 4 rings (SSSR count). The summed E-state index contributed by atoms with van der Waals surface area (Å²) in [4.78, 5) is 29.8. The van der Waals surface area contributed by atoms with Gasteiger partial charge in [0.25, 0.3) is 5.91 Å². The van der Waals surface area contributed by atoms with Gasteiger partial charge in [0, 0.05) is 37.4 Å². The summed E-state index contributed by atoms with van der Waals surface area (Å²) in [5.41, 5.74) is 1.10. The number of piperidine rings is 1. The second-order valence-corrected chi connectivity index (χ2v) is 9.61. The fraction of sp³-hybridized carbons (Fsp3) is 0.615. The summed E-state index contributed by atoms with van der Waals surface area (Å²) in [6.07, 6.45) is 9.48. The van der Waals surface area contributed by atoms with Crippen molar-refractivity contribution in [1.29, 1.82) is 0 Å². The first-order valence-corrected chi connectivity index (χ1v) is 12.4. The normalized spacial score (nSPS) is 17.8. The van der Waals surface area contributed by atoms with E-state index in [1.54, 1.807) is 6.07 Å². The van der Waals surface area contributed by atoms with Crippen LogP contribution in [-0.4, -0.2) is 45.8 Å². The van der Waals surface area contributed by atoms with Crippen LogP contribution < -0.4 is 0 Å². The van der Waals surface area contributed by atoms with E-state index in [1.165, 1.54) is 12.8 Å².